The number of hydrogen-bond donors (Lipinski definition) is 4. The van der Waals surface area contributed by atoms with Crippen LogP contribution in [0.5, 0.6) is 0 Å². The first-order chi connectivity index (χ1) is 16.1. The standard InChI is InChI=1S/C24H23N3O6S/c1-3-25-22(28)17-11-12-20(15(2)13-17)27-34(32,33)18-8-6-7-16(14-18)23(29)26-21-10-5-4-9-19(21)24(30)31/h4-14,27H,3H2,1-2H3,(H,25,28)(H,26,29)(H,30,31). The van der Waals surface area contributed by atoms with Gasteiger partial charge >= 0.3 is 5.97 Å². The van der Waals surface area contributed by atoms with Crippen molar-refractivity contribution >= 4 is 39.2 Å². The third-order valence-corrected chi connectivity index (χ3v) is 6.25. The van der Waals surface area contributed by atoms with Crippen molar-refractivity contribution in [2.75, 3.05) is 16.6 Å². The van der Waals surface area contributed by atoms with Crippen molar-refractivity contribution in [1.82, 2.24) is 5.32 Å². The van der Waals surface area contributed by atoms with Crippen molar-refractivity contribution in [2.45, 2.75) is 18.7 Å². The SMILES string of the molecule is CCNC(=O)c1ccc(NS(=O)(=O)c2cccc(C(=O)Nc3ccccc3C(=O)O)c2)c(C)c1. The molecule has 3 rings (SSSR count). The number of carboxylic acid groups (broad SMARTS) is 1. The van der Waals surface area contributed by atoms with Gasteiger partial charge in [-0.25, -0.2) is 13.2 Å². The molecule has 2 amide bonds. The molecule has 0 spiro atoms. The molecular weight excluding hydrogens is 458 g/mol. The summed E-state index contributed by atoms with van der Waals surface area (Å²) in [5.41, 5.74) is 1.28. The molecule has 0 radical (unpaired) electrons. The highest BCUT2D eigenvalue weighted by Crippen LogP contribution is 2.22. The van der Waals surface area contributed by atoms with Crippen LogP contribution in [0.2, 0.25) is 0 Å². The van der Waals surface area contributed by atoms with E-state index in [0.29, 0.717) is 23.4 Å². The van der Waals surface area contributed by atoms with Crippen molar-refractivity contribution in [1.29, 1.82) is 0 Å². The largest absolute Gasteiger partial charge is 0.478 e. The molecule has 3 aromatic carbocycles. The summed E-state index contributed by atoms with van der Waals surface area (Å²) in [6, 6.07) is 15.8. The number of amides is 2. The molecule has 0 unspecified atom stereocenters. The fourth-order valence-corrected chi connectivity index (χ4v) is 4.34. The second-order valence-electron chi connectivity index (χ2n) is 7.33. The van der Waals surface area contributed by atoms with Crippen LogP contribution in [-0.2, 0) is 10.0 Å². The Labute approximate surface area is 196 Å². The van der Waals surface area contributed by atoms with E-state index in [1.165, 1.54) is 54.6 Å². The van der Waals surface area contributed by atoms with Gasteiger partial charge in [0.1, 0.15) is 0 Å². The molecule has 4 N–H and O–H groups in total. The summed E-state index contributed by atoms with van der Waals surface area (Å²) in [6.07, 6.45) is 0. The monoisotopic (exact) mass is 481 g/mol. The van der Waals surface area contributed by atoms with E-state index < -0.39 is 21.9 Å². The molecule has 9 nitrogen and oxygen atoms in total. The number of anilines is 2. The molecule has 0 saturated carbocycles. The van der Waals surface area contributed by atoms with Crippen molar-refractivity contribution in [3.8, 4) is 0 Å². The minimum absolute atomic E-state index is 0.0337. The Balaban J connectivity index is 1.83. The minimum Gasteiger partial charge on any atom is -0.478 e. The number of sulfonamides is 1. The molecule has 10 heteroatoms. The van der Waals surface area contributed by atoms with E-state index in [-0.39, 0.29) is 27.6 Å². The van der Waals surface area contributed by atoms with Crippen molar-refractivity contribution in [3.63, 3.8) is 0 Å². The predicted molar refractivity (Wildman–Crippen MR) is 128 cm³/mol. The van der Waals surface area contributed by atoms with Crippen LogP contribution in [-0.4, -0.2) is 37.9 Å². The van der Waals surface area contributed by atoms with Crippen molar-refractivity contribution in [3.05, 3.63) is 89.0 Å². The zero-order chi connectivity index (χ0) is 24.9. The van der Waals surface area contributed by atoms with E-state index in [4.69, 9.17) is 0 Å². The molecule has 0 fully saturated rings. The summed E-state index contributed by atoms with van der Waals surface area (Å²) < 4.78 is 28.4. The van der Waals surface area contributed by atoms with Gasteiger partial charge in [0, 0.05) is 17.7 Å². The second kappa shape index (κ2) is 10.2. The Morgan fingerprint density at radius 1 is 0.853 bits per heavy atom. The average molecular weight is 482 g/mol. The van der Waals surface area contributed by atoms with Gasteiger partial charge in [-0.15, -0.1) is 0 Å². The number of para-hydroxylation sites is 1. The molecule has 0 aliphatic heterocycles. The molecule has 0 bridgehead atoms. The third-order valence-electron chi connectivity index (χ3n) is 4.88. The number of carbonyl (C=O) groups excluding carboxylic acids is 2. The summed E-state index contributed by atoms with van der Waals surface area (Å²) in [5.74, 6) is -2.12. The Morgan fingerprint density at radius 3 is 2.24 bits per heavy atom. The van der Waals surface area contributed by atoms with E-state index in [2.05, 4.69) is 15.4 Å². The number of benzene rings is 3. The number of rotatable bonds is 8. The lowest BCUT2D eigenvalue weighted by Crippen LogP contribution is -2.23. The zero-order valence-corrected chi connectivity index (χ0v) is 19.3. The Kier molecular flexibility index (Phi) is 7.32. The molecule has 0 saturated heterocycles. The van der Waals surface area contributed by atoms with Gasteiger partial charge in [0.2, 0.25) is 0 Å². The molecule has 0 aromatic heterocycles. The number of carboxylic acids is 1. The van der Waals surface area contributed by atoms with Gasteiger partial charge in [-0.2, -0.15) is 0 Å². The maximum Gasteiger partial charge on any atom is 0.337 e. The highest BCUT2D eigenvalue weighted by atomic mass is 32.2. The van der Waals surface area contributed by atoms with Crippen LogP contribution < -0.4 is 15.4 Å². The number of hydrogen-bond acceptors (Lipinski definition) is 5. The minimum atomic E-state index is -4.05. The Bertz CT molecular complexity index is 1370. The molecule has 0 atom stereocenters. The van der Waals surface area contributed by atoms with E-state index in [9.17, 15) is 27.9 Å². The molecule has 0 aliphatic carbocycles. The first-order valence-electron chi connectivity index (χ1n) is 10.3. The Morgan fingerprint density at radius 2 is 1.56 bits per heavy atom. The van der Waals surface area contributed by atoms with Crippen LogP contribution in [0, 0.1) is 6.92 Å². The van der Waals surface area contributed by atoms with E-state index in [0.717, 1.165) is 0 Å². The first kappa shape index (κ1) is 24.5. The topological polar surface area (TPSA) is 142 Å². The van der Waals surface area contributed by atoms with Crippen LogP contribution in [0.4, 0.5) is 11.4 Å². The van der Waals surface area contributed by atoms with Crippen LogP contribution in [0.3, 0.4) is 0 Å². The van der Waals surface area contributed by atoms with Gasteiger partial charge in [-0.05, 0) is 67.9 Å². The fourth-order valence-electron chi connectivity index (χ4n) is 3.16. The van der Waals surface area contributed by atoms with Crippen LogP contribution in [0.15, 0.2) is 71.6 Å². The number of aromatic carboxylic acids is 1. The van der Waals surface area contributed by atoms with Gasteiger partial charge in [0.15, 0.2) is 0 Å². The molecule has 3 aromatic rings. The fraction of sp³-hybridized carbons (Fsp3) is 0.125. The van der Waals surface area contributed by atoms with Crippen molar-refractivity contribution in [2.24, 2.45) is 0 Å². The average Bonchev–Trinajstić information content (AvgIpc) is 2.80. The number of carbonyl (C=O) groups is 3. The maximum absolute atomic E-state index is 13.0. The summed E-state index contributed by atoms with van der Waals surface area (Å²) in [6.45, 7) is 3.94. The van der Waals surface area contributed by atoms with E-state index >= 15 is 0 Å². The van der Waals surface area contributed by atoms with Gasteiger partial charge in [-0.3, -0.25) is 14.3 Å². The lowest BCUT2D eigenvalue weighted by atomic mass is 10.1. The molecule has 34 heavy (non-hydrogen) atoms. The van der Waals surface area contributed by atoms with Gasteiger partial charge < -0.3 is 15.7 Å². The lowest BCUT2D eigenvalue weighted by molar-refractivity contribution is 0.0697. The third kappa shape index (κ3) is 5.59. The quantitative estimate of drug-likeness (QED) is 0.388. The van der Waals surface area contributed by atoms with Crippen LogP contribution in [0.1, 0.15) is 43.6 Å². The molecule has 0 aliphatic rings. The van der Waals surface area contributed by atoms with Crippen molar-refractivity contribution < 1.29 is 27.9 Å². The molecular formula is C24H23N3O6S. The molecule has 0 heterocycles. The van der Waals surface area contributed by atoms with Gasteiger partial charge in [-0.1, -0.05) is 18.2 Å². The summed E-state index contributed by atoms with van der Waals surface area (Å²) in [7, 11) is -4.05. The normalized spacial score (nSPS) is 10.9. The lowest BCUT2D eigenvalue weighted by Gasteiger charge is -2.13. The van der Waals surface area contributed by atoms with Crippen LogP contribution in [0.25, 0.3) is 0 Å². The van der Waals surface area contributed by atoms with E-state index in [1.54, 1.807) is 26.0 Å². The van der Waals surface area contributed by atoms with E-state index in [1.807, 2.05) is 0 Å². The second-order valence-corrected chi connectivity index (χ2v) is 9.01. The smallest absolute Gasteiger partial charge is 0.337 e. The summed E-state index contributed by atoms with van der Waals surface area (Å²) in [4.78, 5) is 35.9. The molecule has 176 valence electrons. The number of nitrogens with one attached hydrogen (secondary N) is 3. The van der Waals surface area contributed by atoms with Gasteiger partial charge in [0.05, 0.1) is 21.8 Å². The highest BCUT2D eigenvalue weighted by molar-refractivity contribution is 7.92. The predicted octanol–water partition coefficient (Wildman–Crippen LogP) is 3.50. The summed E-state index contributed by atoms with van der Waals surface area (Å²) in [5, 5.41) is 14.5. The Hall–Kier alpha value is -4.18. The van der Waals surface area contributed by atoms with Crippen LogP contribution >= 0.6 is 0 Å². The summed E-state index contributed by atoms with van der Waals surface area (Å²) >= 11 is 0. The highest BCUT2D eigenvalue weighted by Gasteiger charge is 2.19. The maximum atomic E-state index is 13.0. The zero-order valence-electron chi connectivity index (χ0n) is 18.5. The number of aryl methyl sites for hydroxylation is 1. The first-order valence-corrected chi connectivity index (χ1v) is 11.8. The van der Waals surface area contributed by atoms with Gasteiger partial charge in [0.25, 0.3) is 21.8 Å².